The minimum atomic E-state index is -0.623. The fraction of sp³-hybridized carbons (Fsp3) is 0.310. The average Bonchev–Trinajstić information content (AvgIpc) is 2.89. The molecule has 8 heteroatoms. The minimum absolute atomic E-state index is 0.178. The lowest BCUT2D eigenvalue weighted by Gasteiger charge is -2.35. The van der Waals surface area contributed by atoms with E-state index in [1.165, 1.54) is 24.3 Å². The topological polar surface area (TPSA) is 72.6 Å². The van der Waals surface area contributed by atoms with Gasteiger partial charge in [0, 0.05) is 31.0 Å². The van der Waals surface area contributed by atoms with Crippen LogP contribution in [0.4, 0.5) is 18.0 Å². The van der Waals surface area contributed by atoms with Crippen molar-refractivity contribution in [2.45, 2.75) is 52.2 Å². The van der Waals surface area contributed by atoms with Gasteiger partial charge in [-0.2, -0.15) is 0 Å². The van der Waals surface area contributed by atoms with Crippen molar-refractivity contribution in [2.24, 2.45) is 5.73 Å². The molecule has 1 aliphatic heterocycles. The summed E-state index contributed by atoms with van der Waals surface area (Å²) in [6, 6.07) is 18.3. The Balaban J connectivity index is 0.000000455. The van der Waals surface area contributed by atoms with Crippen LogP contribution < -0.4 is 5.73 Å². The van der Waals surface area contributed by atoms with Crippen molar-refractivity contribution in [2.75, 3.05) is 6.54 Å². The minimum Gasteiger partial charge on any atom is -0.446 e. The van der Waals surface area contributed by atoms with Crippen LogP contribution >= 0.6 is 0 Å². The Morgan fingerprint density at radius 2 is 1.65 bits per heavy atom. The van der Waals surface area contributed by atoms with Gasteiger partial charge >= 0.3 is 6.09 Å². The summed E-state index contributed by atoms with van der Waals surface area (Å²) in [5, 5.41) is 0. The van der Waals surface area contributed by atoms with Gasteiger partial charge in [-0.1, -0.05) is 56.3 Å². The van der Waals surface area contributed by atoms with Crippen molar-refractivity contribution < 1.29 is 27.5 Å². The number of hydrogen-bond donors (Lipinski definition) is 1. The number of primary amides is 1. The molecule has 3 aromatic rings. The summed E-state index contributed by atoms with van der Waals surface area (Å²) in [6.45, 7) is 6.40. The number of carbonyl (C=O) groups excluding carboxylic acids is 2. The van der Waals surface area contributed by atoms with Crippen LogP contribution in [0.15, 0.2) is 72.8 Å². The molecule has 1 aliphatic rings. The molecule has 0 saturated carbocycles. The number of benzene rings is 3. The zero-order valence-corrected chi connectivity index (χ0v) is 21.3. The van der Waals surface area contributed by atoms with E-state index in [9.17, 15) is 22.8 Å². The maximum atomic E-state index is 13.9. The first kappa shape index (κ1) is 29.4. The molecule has 198 valence electrons. The Morgan fingerprint density at radius 3 is 2.16 bits per heavy atom. The number of nitrogens with zero attached hydrogens (tertiary/aromatic N) is 1. The molecular weight excluding hydrogens is 481 g/mol. The number of rotatable bonds is 6. The lowest BCUT2D eigenvalue weighted by molar-refractivity contribution is -0.118. The maximum absolute atomic E-state index is 13.9. The molecule has 1 fully saturated rings. The zero-order chi connectivity index (χ0) is 27.4. The normalized spacial score (nSPS) is 15.4. The van der Waals surface area contributed by atoms with Crippen LogP contribution in [0, 0.1) is 17.5 Å². The Bertz CT molecular complexity index is 1140. The van der Waals surface area contributed by atoms with Crippen LogP contribution in [0.1, 0.15) is 51.6 Å². The molecule has 0 radical (unpaired) electrons. The van der Waals surface area contributed by atoms with Crippen LogP contribution in [0.2, 0.25) is 0 Å². The number of amides is 2. The predicted molar refractivity (Wildman–Crippen MR) is 138 cm³/mol. The van der Waals surface area contributed by atoms with Gasteiger partial charge in [-0.25, -0.2) is 18.0 Å². The van der Waals surface area contributed by atoms with Gasteiger partial charge in [0.1, 0.15) is 23.6 Å². The number of cyclic esters (lactones) is 1. The first-order valence-electron chi connectivity index (χ1n) is 12.3. The number of ether oxygens (including phenoxy) is 1. The summed E-state index contributed by atoms with van der Waals surface area (Å²) >= 11 is 0. The highest BCUT2D eigenvalue weighted by atomic mass is 19.1. The molecule has 2 N–H and O–H groups in total. The number of hydrogen-bond acceptors (Lipinski definition) is 3. The lowest BCUT2D eigenvalue weighted by Crippen LogP contribution is -2.43. The second-order valence-corrected chi connectivity index (χ2v) is 8.21. The maximum Gasteiger partial charge on any atom is 0.410 e. The number of halogens is 3. The highest BCUT2D eigenvalue weighted by Crippen LogP contribution is 2.29. The van der Waals surface area contributed by atoms with Gasteiger partial charge < -0.3 is 15.4 Å². The van der Waals surface area contributed by atoms with E-state index in [1.807, 2.05) is 32.9 Å². The van der Waals surface area contributed by atoms with Crippen molar-refractivity contribution in [3.8, 4) is 11.1 Å². The van der Waals surface area contributed by atoms with Crippen LogP contribution in [-0.4, -0.2) is 29.5 Å². The van der Waals surface area contributed by atoms with Gasteiger partial charge in [-0.3, -0.25) is 4.79 Å². The first-order chi connectivity index (χ1) is 17.7. The van der Waals surface area contributed by atoms with E-state index in [0.29, 0.717) is 30.5 Å². The molecule has 0 aromatic heterocycles. The van der Waals surface area contributed by atoms with E-state index in [1.54, 1.807) is 35.2 Å². The van der Waals surface area contributed by atoms with Crippen molar-refractivity contribution >= 4 is 12.0 Å². The zero-order valence-electron chi connectivity index (χ0n) is 21.3. The molecule has 2 atom stereocenters. The molecular formula is C29H33F3N2O3. The summed E-state index contributed by atoms with van der Waals surface area (Å²) < 4.78 is 44.3. The molecule has 0 spiro atoms. The Hall–Kier alpha value is -3.81. The quantitative estimate of drug-likeness (QED) is 0.384. The second kappa shape index (κ2) is 14.7. The van der Waals surface area contributed by atoms with Gasteiger partial charge in [0.25, 0.3) is 0 Å². The van der Waals surface area contributed by atoms with E-state index in [0.717, 1.165) is 11.6 Å². The standard InChI is InChI=1S/C21H22F2N2O3.C6H5F.C2H6/c1-13(25-11-10-17(28-21(25)27)7-9-20(24)26)14-2-4-15(5-3-14)18-8-6-16(22)12-19(18)23;7-6-4-2-1-3-5-6;1-2/h2-6,8,12-13,17H,7,9-11H2,1H3,(H2,24,26);1-5H;1-2H3. The van der Waals surface area contributed by atoms with E-state index in [2.05, 4.69) is 0 Å². The molecule has 37 heavy (non-hydrogen) atoms. The summed E-state index contributed by atoms with van der Waals surface area (Å²) in [4.78, 5) is 24.8. The Morgan fingerprint density at radius 1 is 1.00 bits per heavy atom. The highest BCUT2D eigenvalue weighted by Gasteiger charge is 2.31. The Labute approximate surface area is 216 Å². The summed E-state index contributed by atoms with van der Waals surface area (Å²) in [5.74, 6) is -1.83. The molecule has 0 bridgehead atoms. The van der Waals surface area contributed by atoms with Crippen molar-refractivity contribution in [1.29, 1.82) is 0 Å². The van der Waals surface area contributed by atoms with Crippen LogP contribution in [-0.2, 0) is 9.53 Å². The predicted octanol–water partition coefficient (Wildman–Crippen LogP) is 7.02. The van der Waals surface area contributed by atoms with Crippen LogP contribution in [0.3, 0.4) is 0 Å². The third kappa shape index (κ3) is 8.97. The van der Waals surface area contributed by atoms with Crippen molar-refractivity contribution in [3.05, 3.63) is 95.8 Å². The van der Waals surface area contributed by atoms with Gasteiger partial charge in [-0.15, -0.1) is 0 Å². The fourth-order valence-electron chi connectivity index (χ4n) is 3.76. The van der Waals surface area contributed by atoms with E-state index < -0.39 is 23.6 Å². The summed E-state index contributed by atoms with van der Waals surface area (Å²) in [5.41, 5.74) is 6.95. The van der Waals surface area contributed by atoms with Gasteiger partial charge in [-0.05, 0) is 48.7 Å². The number of carbonyl (C=O) groups is 2. The van der Waals surface area contributed by atoms with Crippen LogP contribution in [0.25, 0.3) is 11.1 Å². The van der Waals surface area contributed by atoms with Crippen molar-refractivity contribution in [1.82, 2.24) is 4.90 Å². The molecule has 5 nitrogen and oxygen atoms in total. The molecule has 2 amide bonds. The second-order valence-electron chi connectivity index (χ2n) is 8.21. The fourth-order valence-corrected chi connectivity index (χ4v) is 3.76. The van der Waals surface area contributed by atoms with Gasteiger partial charge in [0.05, 0.1) is 6.04 Å². The summed E-state index contributed by atoms with van der Waals surface area (Å²) in [6.07, 6.45) is 0.521. The largest absolute Gasteiger partial charge is 0.446 e. The third-order valence-corrected chi connectivity index (χ3v) is 5.74. The monoisotopic (exact) mass is 514 g/mol. The molecule has 2 unspecified atom stereocenters. The van der Waals surface area contributed by atoms with E-state index >= 15 is 0 Å². The molecule has 4 rings (SSSR count). The third-order valence-electron chi connectivity index (χ3n) is 5.74. The molecule has 0 aliphatic carbocycles. The SMILES string of the molecule is CC.CC(c1ccc(-c2ccc(F)cc2F)cc1)N1CCC(CCC(N)=O)OC1=O.Fc1ccccc1. The molecule has 1 saturated heterocycles. The first-order valence-corrected chi connectivity index (χ1v) is 12.3. The smallest absolute Gasteiger partial charge is 0.410 e. The van der Waals surface area contributed by atoms with Crippen LogP contribution in [0.5, 0.6) is 0 Å². The lowest BCUT2D eigenvalue weighted by atomic mass is 9.99. The van der Waals surface area contributed by atoms with E-state index in [-0.39, 0.29) is 24.4 Å². The van der Waals surface area contributed by atoms with E-state index in [4.69, 9.17) is 10.5 Å². The number of nitrogens with two attached hydrogens (primary N) is 1. The van der Waals surface area contributed by atoms with Gasteiger partial charge in [0.2, 0.25) is 5.91 Å². The molecule has 3 aromatic carbocycles. The summed E-state index contributed by atoms with van der Waals surface area (Å²) in [7, 11) is 0. The van der Waals surface area contributed by atoms with Crippen molar-refractivity contribution in [3.63, 3.8) is 0 Å². The average molecular weight is 515 g/mol. The Kier molecular flexibility index (Phi) is 11.7. The van der Waals surface area contributed by atoms with Gasteiger partial charge in [0.15, 0.2) is 0 Å². The highest BCUT2D eigenvalue weighted by molar-refractivity contribution is 5.74. The molecule has 1 heterocycles.